The Morgan fingerprint density at radius 3 is 2.44 bits per heavy atom. The van der Waals surface area contributed by atoms with Crippen molar-refractivity contribution in [1.29, 1.82) is 0 Å². The second kappa shape index (κ2) is 11.8. The molecule has 1 aliphatic carbocycles. The summed E-state index contributed by atoms with van der Waals surface area (Å²) in [6, 6.07) is 14.0. The summed E-state index contributed by atoms with van der Waals surface area (Å²) in [4.78, 5) is 27.7. The summed E-state index contributed by atoms with van der Waals surface area (Å²) in [5.41, 5.74) is 0.897. The maximum absolute atomic E-state index is 13.1. The molecule has 0 saturated heterocycles. The van der Waals surface area contributed by atoms with Crippen LogP contribution in [0.15, 0.2) is 48.5 Å². The Hall–Kier alpha value is -2.73. The minimum atomic E-state index is -0.638. The van der Waals surface area contributed by atoms with E-state index < -0.39 is 6.04 Å². The molecule has 2 aromatic rings. The third-order valence-corrected chi connectivity index (χ3v) is 6.13. The van der Waals surface area contributed by atoms with Crippen LogP contribution in [0.1, 0.15) is 44.6 Å². The predicted molar refractivity (Wildman–Crippen MR) is 125 cm³/mol. The average Bonchev–Trinajstić information content (AvgIpc) is 2.82. The second-order valence-corrected chi connectivity index (χ2v) is 8.52. The van der Waals surface area contributed by atoms with E-state index in [9.17, 15) is 9.59 Å². The van der Waals surface area contributed by atoms with Crippen LogP contribution >= 0.6 is 11.6 Å². The number of carbonyl (C=O) groups is 2. The number of methoxy groups -OCH3 is 1. The highest BCUT2D eigenvalue weighted by Gasteiger charge is 2.28. The van der Waals surface area contributed by atoms with Gasteiger partial charge in [0.15, 0.2) is 6.61 Å². The van der Waals surface area contributed by atoms with Crippen molar-refractivity contribution in [2.75, 3.05) is 13.7 Å². The molecular formula is C25H31ClN2O4. The van der Waals surface area contributed by atoms with Gasteiger partial charge in [0.1, 0.15) is 17.5 Å². The largest absolute Gasteiger partial charge is 0.497 e. The van der Waals surface area contributed by atoms with Crippen molar-refractivity contribution in [3.8, 4) is 11.5 Å². The van der Waals surface area contributed by atoms with E-state index in [0.717, 1.165) is 37.0 Å². The first-order valence-corrected chi connectivity index (χ1v) is 11.5. The van der Waals surface area contributed by atoms with Crippen LogP contribution in [-0.4, -0.2) is 42.5 Å². The van der Waals surface area contributed by atoms with Gasteiger partial charge in [0.05, 0.1) is 12.1 Å². The van der Waals surface area contributed by atoms with E-state index in [-0.39, 0.29) is 31.0 Å². The molecule has 0 aliphatic heterocycles. The summed E-state index contributed by atoms with van der Waals surface area (Å²) >= 11 is 6.14. The maximum Gasteiger partial charge on any atom is 0.261 e. The second-order valence-electron chi connectivity index (χ2n) is 8.11. The minimum Gasteiger partial charge on any atom is -0.497 e. The first kappa shape index (κ1) is 23.9. The number of halogens is 1. The number of amides is 2. The van der Waals surface area contributed by atoms with E-state index in [2.05, 4.69) is 5.32 Å². The molecule has 1 fully saturated rings. The van der Waals surface area contributed by atoms with Crippen molar-refractivity contribution in [2.45, 2.75) is 57.7 Å². The number of para-hydroxylation sites is 1. The van der Waals surface area contributed by atoms with Crippen LogP contribution in [0.2, 0.25) is 5.02 Å². The highest BCUT2D eigenvalue weighted by molar-refractivity contribution is 6.32. The van der Waals surface area contributed by atoms with Crippen LogP contribution in [0.4, 0.5) is 0 Å². The van der Waals surface area contributed by atoms with Gasteiger partial charge in [-0.05, 0) is 49.6 Å². The molecule has 7 heteroatoms. The molecule has 0 radical (unpaired) electrons. The minimum absolute atomic E-state index is 0.142. The number of ether oxygens (including phenoxy) is 2. The molecule has 1 N–H and O–H groups in total. The Morgan fingerprint density at radius 2 is 1.78 bits per heavy atom. The predicted octanol–water partition coefficient (Wildman–Crippen LogP) is 4.59. The van der Waals surface area contributed by atoms with Gasteiger partial charge < -0.3 is 19.7 Å². The lowest BCUT2D eigenvalue weighted by atomic mass is 9.95. The Labute approximate surface area is 194 Å². The molecule has 2 amide bonds. The Bertz CT molecular complexity index is 897. The van der Waals surface area contributed by atoms with Crippen molar-refractivity contribution in [3.63, 3.8) is 0 Å². The van der Waals surface area contributed by atoms with Crippen LogP contribution in [-0.2, 0) is 16.1 Å². The summed E-state index contributed by atoms with van der Waals surface area (Å²) in [6.07, 6.45) is 5.43. The third-order valence-electron chi connectivity index (χ3n) is 5.82. The van der Waals surface area contributed by atoms with Crippen LogP contribution in [0.3, 0.4) is 0 Å². The number of rotatable bonds is 9. The Morgan fingerprint density at radius 1 is 1.09 bits per heavy atom. The van der Waals surface area contributed by atoms with Crippen LogP contribution < -0.4 is 14.8 Å². The standard InChI is InChI=1S/C25H31ClN2O4/c1-18(25(30)27-20-8-4-3-5-9-20)28(16-19-12-14-21(31-2)15-13-19)24(29)17-32-23-11-7-6-10-22(23)26/h6-7,10-15,18,20H,3-5,8-9,16-17H2,1-2H3,(H,27,30). The van der Waals surface area contributed by atoms with Gasteiger partial charge in [-0.15, -0.1) is 0 Å². The zero-order chi connectivity index (χ0) is 22.9. The third kappa shape index (κ3) is 6.63. The van der Waals surface area contributed by atoms with Gasteiger partial charge in [0.25, 0.3) is 5.91 Å². The van der Waals surface area contributed by atoms with Gasteiger partial charge in [-0.1, -0.05) is 55.1 Å². The fourth-order valence-corrected chi connectivity index (χ4v) is 4.05. The fraction of sp³-hybridized carbons (Fsp3) is 0.440. The van der Waals surface area contributed by atoms with E-state index in [1.54, 1.807) is 43.2 Å². The summed E-state index contributed by atoms with van der Waals surface area (Å²) in [6.45, 7) is 1.84. The topological polar surface area (TPSA) is 67.9 Å². The van der Waals surface area contributed by atoms with Crippen molar-refractivity contribution in [1.82, 2.24) is 10.2 Å². The summed E-state index contributed by atoms with van der Waals surface area (Å²) in [7, 11) is 1.61. The normalized spacial score (nSPS) is 15.0. The van der Waals surface area contributed by atoms with Gasteiger partial charge in [0.2, 0.25) is 5.91 Å². The van der Waals surface area contributed by atoms with Crippen molar-refractivity contribution in [2.24, 2.45) is 0 Å². The molecule has 0 spiro atoms. The first-order valence-electron chi connectivity index (χ1n) is 11.1. The molecule has 1 saturated carbocycles. The fourth-order valence-electron chi connectivity index (χ4n) is 3.86. The Balaban J connectivity index is 1.71. The monoisotopic (exact) mass is 458 g/mol. The summed E-state index contributed by atoms with van der Waals surface area (Å²) in [5.74, 6) is 0.742. The van der Waals surface area contributed by atoms with Crippen LogP contribution in [0.25, 0.3) is 0 Å². The van der Waals surface area contributed by atoms with Crippen LogP contribution in [0, 0.1) is 0 Å². The summed E-state index contributed by atoms with van der Waals surface area (Å²) < 4.78 is 10.9. The van der Waals surface area contributed by atoms with E-state index in [0.29, 0.717) is 10.8 Å². The lowest BCUT2D eigenvalue weighted by Crippen LogP contribution is -2.51. The van der Waals surface area contributed by atoms with Gasteiger partial charge in [0, 0.05) is 12.6 Å². The molecule has 32 heavy (non-hydrogen) atoms. The molecule has 1 unspecified atom stereocenters. The quantitative estimate of drug-likeness (QED) is 0.596. The molecule has 2 aromatic carbocycles. The number of benzene rings is 2. The van der Waals surface area contributed by atoms with Gasteiger partial charge in [-0.25, -0.2) is 0 Å². The SMILES string of the molecule is COc1ccc(CN(C(=O)COc2ccccc2Cl)C(C)C(=O)NC2CCCCC2)cc1. The number of nitrogens with zero attached hydrogens (tertiary/aromatic N) is 1. The molecule has 6 nitrogen and oxygen atoms in total. The lowest BCUT2D eigenvalue weighted by molar-refractivity contribution is -0.142. The van der Waals surface area contributed by atoms with Crippen LogP contribution in [0.5, 0.6) is 11.5 Å². The Kier molecular flexibility index (Phi) is 8.80. The van der Waals surface area contributed by atoms with Crippen molar-refractivity contribution in [3.05, 3.63) is 59.1 Å². The average molecular weight is 459 g/mol. The molecule has 0 bridgehead atoms. The van der Waals surface area contributed by atoms with E-state index in [4.69, 9.17) is 21.1 Å². The zero-order valence-corrected chi connectivity index (χ0v) is 19.4. The van der Waals surface area contributed by atoms with Crippen molar-refractivity contribution < 1.29 is 19.1 Å². The van der Waals surface area contributed by atoms with Crippen molar-refractivity contribution >= 4 is 23.4 Å². The van der Waals surface area contributed by atoms with Gasteiger partial charge in [-0.2, -0.15) is 0 Å². The number of nitrogens with one attached hydrogen (secondary N) is 1. The molecule has 3 rings (SSSR count). The molecule has 0 aromatic heterocycles. The number of hydrogen-bond donors (Lipinski definition) is 1. The highest BCUT2D eigenvalue weighted by atomic mass is 35.5. The lowest BCUT2D eigenvalue weighted by Gasteiger charge is -2.31. The van der Waals surface area contributed by atoms with E-state index in [1.807, 2.05) is 24.3 Å². The summed E-state index contributed by atoms with van der Waals surface area (Å²) in [5, 5.41) is 3.56. The highest BCUT2D eigenvalue weighted by Crippen LogP contribution is 2.23. The van der Waals surface area contributed by atoms with Gasteiger partial charge >= 0.3 is 0 Å². The smallest absolute Gasteiger partial charge is 0.261 e. The molecule has 1 atom stereocenters. The zero-order valence-electron chi connectivity index (χ0n) is 18.7. The molecular weight excluding hydrogens is 428 g/mol. The van der Waals surface area contributed by atoms with Gasteiger partial charge in [-0.3, -0.25) is 9.59 Å². The molecule has 172 valence electrons. The molecule has 1 aliphatic rings. The molecule has 0 heterocycles. The number of carbonyl (C=O) groups excluding carboxylic acids is 2. The number of hydrogen-bond acceptors (Lipinski definition) is 4. The maximum atomic E-state index is 13.1. The van der Waals surface area contributed by atoms with E-state index >= 15 is 0 Å². The van der Waals surface area contributed by atoms with E-state index in [1.165, 1.54) is 6.42 Å². The first-order chi connectivity index (χ1) is 15.5.